The lowest BCUT2D eigenvalue weighted by Gasteiger charge is -2.32. The molecular formula is C18H19NO2. The number of aryl methyl sites for hydroxylation is 3. The van der Waals surface area contributed by atoms with Gasteiger partial charge in [0.2, 0.25) is 0 Å². The number of hydrogen-bond donors (Lipinski definition) is 1. The van der Waals surface area contributed by atoms with Crippen molar-refractivity contribution < 1.29 is 9.90 Å². The van der Waals surface area contributed by atoms with E-state index in [9.17, 15) is 9.90 Å². The van der Waals surface area contributed by atoms with E-state index < -0.39 is 5.97 Å². The predicted molar refractivity (Wildman–Crippen MR) is 84.6 cm³/mol. The maximum absolute atomic E-state index is 11.6. The van der Waals surface area contributed by atoms with Crippen molar-refractivity contribution in [3.8, 4) is 0 Å². The van der Waals surface area contributed by atoms with E-state index in [1.165, 1.54) is 11.1 Å². The van der Waals surface area contributed by atoms with Gasteiger partial charge in [0.25, 0.3) is 0 Å². The van der Waals surface area contributed by atoms with Gasteiger partial charge in [-0.1, -0.05) is 29.3 Å². The number of fused-ring (bicyclic) bond motifs is 1. The van der Waals surface area contributed by atoms with Crippen LogP contribution in [0, 0.1) is 13.8 Å². The van der Waals surface area contributed by atoms with Gasteiger partial charge in [0, 0.05) is 12.2 Å². The van der Waals surface area contributed by atoms with Gasteiger partial charge in [-0.25, -0.2) is 4.79 Å². The Bertz CT molecular complexity index is 706. The van der Waals surface area contributed by atoms with Crippen LogP contribution in [0.3, 0.4) is 0 Å². The molecule has 0 bridgehead atoms. The van der Waals surface area contributed by atoms with E-state index in [2.05, 4.69) is 30.0 Å². The van der Waals surface area contributed by atoms with Crippen LogP contribution in [0.4, 0.5) is 11.4 Å². The second kappa shape index (κ2) is 5.24. The normalized spacial score (nSPS) is 13.9. The Morgan fingerprint density at radius 3 is 2.43 bits per heavy atom. The molecule has 0 aliphatic carbocycles. The number of carbonyl (C=O) groups is 1. The Labute approximate surface area is 124 Å². The van der Waals surface area contributed by atoms with Crippen LogP contribution in [-0.2, 0) is 6.42 Å². The van der Waals surface area contributed by atoms with Crippen molar-refractivity contribution in [2.45, 2.75) is 26.7 Å². The first-order chi connectivity index (χ1) is 10.1. The number of rotatable bonds is 2. The average molecular weight is 281 g/mol. The molecule has 0 radical (unpaired) electrons. The number of anilines is 2. The minimum Gasteiger partial charge on any atom is -0.478 e. The van der Waals surface area contributed by atoms with Crippen LogP contribution in [-0.4, -0.2) is 17.6 Å². The third kappa shape index (κ3) is 2.51. The van der Waals surface area contributed by atoms with Crippen molar-refractivity contribution in [2.24, 2.45) is 0 Å². The highest BCUT2D eigenvalue weighted by molar-refractivity contribution is 5.96. The molecule has 108 valence electrons. The SMILES string of the molecule is Cc1ccc2c(c1)CCCN2c1ccc(C)cc1C(=O)O. The molecule has 1 N–H and O–H groups in total. The van der Waals surface area contributed by atoms with Crippen LogP contribution in [0.1, 0.15) is 33.5 Å². The van der Waals surface area contributed by atoms with Gasteiger partial charge in [-0.2, -0.15) is 0 Å². The summed E-state index contributed by atoms with van der Waals surface area (Å²) in [6.07, 6.45) is 2.10. The molecule has 3 rings (SSSR count). The fraction of sp³-hybridized carbons (Fsp3) is 0.278. The number of carboxylic acids is 1. The van der Waals surface area contributed by atoms with E-state index in [-0.39, 0.29) is 0 Å². The predicted octanol–water partition coefficient (Wildman–Crippen LogP) is 4.09. The molecule has 0 spiro atoms. The van der Waals surface area contributed by atoms with E-state index >= 15 is 0 Å². The van der Waals surface area contributed by atoms with Crippen molar-refractivity contribution in [1.29, 1.82) is 0 Å². The number of hydrogen-bond acceptors (Lipinski definition) is 2. The molecule has 0 fully saturated rings. The van der Waals surface area contributed by atoms with Gasteiger partial charge < -0.3 is 10.0 Å². The summed E-state index contributed by atoms with van der Waals surface area (Å²) >= 11 is 0. The highest BCUT2D eigenvalue weighted by Crippen LogP contribution is 2.36. The Morgan fingerprint density at radius 1 is 1.05 bits per heavy atom. The molecule has 0 amide bonds. The summed E-state index contributed by atoms with van der Waals surface area (Å²) in [5.74, 6) is -0.868. The van der Waals surface area contributed by atoms with Crippen LogP contribution in [0.15, 0.2) is 36.4 Å². The summed E-state index contributed by atoms with van der Waals surface area (Å²) in [6.45, 7) is 4.87. The number of nitrogens with zero attached hydrogens (tertiary/aromatic N) is 1. The topological polar surface area (TPSA) is 40.5 Å². The van der Waals surface area contributed by atoms with Gasteiger partial charge in [-0.3, -0.25) is 0 Å². The first-order valence-electron chi connectivity index (χ1n) is 7.27. The molecule has 1 aliphatic rings. The lowest BCUT2D eigenvalue weighted by Crippen LogP contribution is -2.26. The molecule has 1 aliphatic heterocycles. The van der Waals surface area contributed by atoms with Gasteiger partial charge in [0.15, 0.2) is 0 Å². The van der Waals surface area contributed by atoms with Crippen LogP contribution in [0.25, 0.3) is 0 Å². The van der Waals surface area contributed by atoms with Crippen LogP contribution < -0.4 is 4.90 Å². The van der Waals surface area contributed by atoms with Gasteiger partial charge in [-0.15, -0.1) is 0 Å². The third-order valence-corrected chi connectivity index (χ3v) is 4.03. The Morgan fingerprint density at radius 2 is 1.71 bits per heavy atom. The first kappa shape index (κ1) is 13.7. The van der Waals surface area contributed by atoms with E-state index in [0.717, 1.165) is 36.3 Å². The molecule has 2 aromatic rings. The first-order valence-corrected chi connectivity index (χ1v) is 7.27. The molecule has 3 nitrogen and oxygen atoms in total. The molecular weight excluding hydrogens is 262 g/mol. The minimum absolute atomic E-state index is 0.378. The summed E-state index contributed by atoms with van der Waals surface area (Å²) in [5, 5.41) is 9.49. The quantitative estimate of drug-likeness (QED) is 0.901. The Kier molecular flexibility index (Phi) is 3.42. The van der Waals surface area contributed by atoms with Crippen molar-refractivity contribution in [1.82, 2.24) is 0 Å². The zero-order chi connectivity index (χ0) is 15.0. The maximum Gasteiger partial charge on any atom is 0.337 e. The second-order valence-electron chi connectivity index (χ2n) is 5.71. The highest BCUT2D eigenvalue weighted by atomic mass is 16.4. The molecule has 2 aromatic carbocycles. The Balaban J connectivity index is 2.13. The van der Waals surface area contributed by atoms with Gasteiger partial charge in [0.1, 0.15) is 0 Å². The largest absolute Gasteiger partial charge is 0.478 e. The van der Waals surface area contributed by atoms with Gasteiger partial charge >= 0.3 is 5.97 Å². The van der Waals surface area contributed by atoms with Crippen molar-refractivity contribution in [2.75, 3.05) is 11.4 Å². The summed E-state index contributed by atoms with van der Waals surface area (Å²) in [6, 6.07) is 12.1. The summed E-state index contributed by atoms with van der Waals surface area (Å²) in [5.41, 5.74) is 5.83. The summed E-state index contributed by atoms with van der Waals surface area (Å²) < 4.78 is 0. The fourth-order valence-electron chi connectivity index (χ4n) is 3.03. The van der Waals surface area contributed by atoms with Gasteiger partial charge in [-0.05, 0) is 50.5 Å². The zero-order valence-corrected chi connectivity index (χ0v) is 12.4. The molecule has 1 heterocycles. The number of benzene rings is 2. The smallest absolute Gasteiger partial charge is 0.337 e. The molecule has 0 aromatic heterocycles. The van der Waals surface area contributed by atoms with E-state index in [1.54, 1.807) is 6.07 Å². The molecule has 0 saturated carbocycles. The lowest BCUT2D eigenvalue weighted by atomic mass is 9.97. The second-order valence-corrected chi connectivity index (χ2v) is 5.71. The van der Waals surface area contributed by atoms with Crippen molar-refractivity contribution in [3.05, 3.63) is 58.7 Å². The lowest BCUT2D eigenvalue weighted by molar-refractivity contribution is 0.0697. The minimum atomic E-state index is -0.868. The zero-order valence-electron chi connectivity index (χ0n) is 12.4. The fourth-order valence-corrected chi connectivity index (χ4v) is 3.03. The van der Waals surface area contributed by atoms with Crippen molar-refractivity contribution in [3.63, 3.8) is 0 Å². The Hall–Kier alpha value is -2.29. The standard InChI is InChI=1S/C18H19NO2/c1-12-5-7-16-14(10-12)4-3-9-19(16)17-8-6-13(2)11-15(17)18(20)21/h5-8,10-11H,3-4,9H2,1-2H3,(H,20,21). The molecule has 0 saturated heterocycles. The average Bonchev–Trinajstić information content (AvgIpc) is 2.46. The molecule has 3 heteroatoms. The molecule has 0 atom stereocenters. The number of carboxylic acid groups (broad SMARTS) is 1. The van der Waals surface area contributed by atoms with E-state index in [0.29, 0.717) is 5.56 Å². The van der Waals surface area contributed by atoms with Crippen LogP contribution in [0.5, 0.6) is 0 Å². The maximum atomic E-state index is 11.6. The monoisotopic (exact) mass is 281 g/mol. The molecule has 0 unspecified atom stereocenters. The van der Waals surface area contributed by atoms with Crippen LogP contribution in [0.2, 0.25) is 0 Å². The van der Waals surface area contributed by atoms with Gasteiger partial charge in [0.05, 0.1) is 11.3 Å². The summed E-state index contributed by atoms with van der Waals surface area (Å²) in [4.78, 5) is 13.7. The summed E-state index contributed by atoms with van der Waals surface area (Å²) in [7, 11) is 0. The molecule has 21 heavy (non-hydrogen) atoms. The number of aromatic carboxylic acids is 1. The van der Waals surface area contributed by atoms with E-state index in [4.69, 9.17) is 0 Å². The third-order valence-electron chi connectivity index (χ3n) is 4.03. The highest BCUT2D eigenvalue weighted by Gasteiger charge is 2.22. The van der Waals surface area contributed by atoms with Crippen molar-refractivity contribution >= 4 is 17.3 Å². The van der Waals surface area contributed by atoms with E-state index in [1.807, 2.05) is 19.1 Å². The van der Waals surface area contributed by atoms with Crippen LogP contribution >= 0.6 is 0 Å².